The number of nitrogens with zero attached hydrogens (tertiary/aromatic N) is 1. The second-order valence-corrected chi connectivity index (χ2v) is 3.85. The van der Waals surface area contributed by atoms with Gasteiger partial charge in [-0.2, -0.15) is 0 Å². The predicted molar refractivity (Wildman–Crippen MR) is 67.7 cm³/mol. The normalized spacial score (nSPS) is 10.1. The van der Waals surface area contributed by atoms with E-state index in [0.717, 1.165) is 0 Å². The minimum absolute atomic E-state index is 0.135. The maximum atomic E-state index is 13.7. The number of aromatic nitrogens is 1. The maximum absolute atomic E-state index is 13.7. The summed E-state index contributed by atoms with van der Waals surface area (Å²) in [5.74, 6) is -0.905. The van der Waals surface area contributed by atoms with Crippen molar-refractivity contribution in [3.05, 3.63) is 53.6 Å². The molecule has 1 amide bonds. The van der Waals surface area contributed by atoms with Crippen molar-refractivity contribution < 1.29 is 9.18 Å². The number of hydrogen-bond acceptors (Lipinski definition) is 3. The predicted octanol–water partition coefficient (Wildman–Crippen LogP) is 2.36. The third-order valence-corrected chi connectivity index (χ3v) is 2.54. The molecule has 1 heterocycles. The molecule has 0 aliphatic heterocycles. The van der Waals surface area contributed by atoms with Crippen LogP contribution in [-0.2, 0) is 0 Å². The SMILES string of the molecule is Cc1cccc(NC(=O)c2ccncc2N)c1F. The molecule has 0 radical (unpaired) electrons. The Kier molecular flexibility index (Phi) is 3.23. The lowest BCUT2D eigenvalue weighted by molar-refractivity contribution is 0.102. The number of amides is 1. The number of nitrogen functional groups attached to an aromatic ring is 1. The summed E-state index contributed by atoms with van der Waals surface area (Å²) in [4.78, 5) is 15.7. The molecule has 2 rings (SSSR count). The zero-order valence-electron chi connectivity index (χ0n) is 9.77. The van der Waals surface area contributed by atoms with Gasteiger partial charge in [0.25, 0.3) is 5.91 Å². The van der Waals surface area contributed by atoms with Crippen LogP contribution in [0.15, 0.2) is 36.7 Å². The molecule has 1 aromatic carbocycles. The number of pyridine rings is 1. The lowest BCUT2D eigenvalue weighted by atomic mass is 10.2. The van der Waals surface area contributed by atoms with Crippen LogP contribution in [-0.4, -0.2) is 10.9 Å². The fraction of sp³-hybridized carbons (Fsp3) is 0.0769. The number of hydrogen-bond donors (Lipinski definition) is 2. The van der Waals surface area contributed by atoms with E-state index in [-0.39, 0.29) is 16.9 Å². The first-order valence-electron chi connectivity index (χ1n) is 5.35. The highest BCUT2D eigenvalue weighted by molar-refractivity contribution is 6.07. The molecule has 18 heavy (non-hydrogen) atoms. The van der Waals surface area contributed by atoms with Crippen LogP contribution in [0.1, 0.15) is 15.9 Å². The molecule has 0 bridgehead atoms. The molecule has 4 nitrogen and oxygen atoms in total. The molecule has 0 atom stereocenters. The molecule has 0 aliphatic rings. The van der Waals surface area contributed by atoms with Gasteiger partial charge in [0.1, 0.15) is 5.82 Å². The van der Waals surface area contributed by atoms with E-state index in [9.17, 15) is 9.18 Å². The number of benzene rings is 1. The molecule has 0 saturated heterocycles. The van der Waals surface area contributed by atoms with Crippen LogP contribution in [0.25, 0.3) is 0 Å². The molecular weight excluding hydrogens is 233 g/mol. The molecule has 1 aromatic heterocycles. The smallest absolute Gasteiger partial charge is 0.257 e. The first kappa shape index (κ1) is 12.0. The quantitative estimate of drug-likeness (QED) is 0.853. The maximum Gasteiger partial charge on any atom is 0.257 e. The van der Waals surface area contributed by atoms with Crippen molar-refractivity contribution in [1.29, 1.82) is 0 Å². The fourth-order valence-electron chi connectivity index (χ4n) is 1.55. The average Bonchev–Trinajstić information content (AvgIpc) is 2.35. The number of rotatable bonds is 2. The Hall–Kier alpha value is -2.43. The van der Waals surface area contributed by atoms with E-state index in [1.54, 1.807) is 19.1 Å². The lowest BCUT2D eigenvalue weighted by Crippen LogP contribution is -2.15. The number of anilines is 2. The van der Waals surface area contributed by atoms with E-state index in [1.807, 2.05) is 0 Å². The van der Waals surface area contributed by atoms with Crippen molar-refractivity contribution in [2.45, 2.75) is 6.92 Å². The topological polar surface area (TPSA) is 68.0 Å². The molecule has 0 unspecified atom stereocenters. The van der Waals surface area contributed by atoms with Gasteiger partial charge in [0.05, 0.1) is 23.1 Å². The van der Waals surface area contributed by atoms with Crippen LogP contribution in [0, 0.1) is 12.7 Å². The number of nitrogens with two attached hydrogens (primary N) is 1. The van der Waals surface area contributed by atoms with Gasteiger partial charge in [-0.05, 0) is 24.6 Å². The molecule has 3 N–H and O–H groups in total. The minimum Gasteiger partial charge on any atom is -0.397 e. The summed E-state index contributed by atoms with van der Waals surface area (Å²) in [6.07, 6.45) is 2.83. The van der Waals surface area contributed by atoms with Crippen LogP contribution in [0.2, 0.25) is 0 Å². The third kappa shape index (κ3) is 2.29. The van der Waals surface area contributed by atoms with E-state index in [4.69, 9.17) is 5.73 Å². The fourth-order valence-corrected chi connectivity index (χ4v) is 1.55. The molecule has 0 fully saturated rings. The van der Waals surface area contributed by atoms with Crippen molar-refractivity contribution in [2.24, 2.45) is 0 Å². The van der Waals surface area contributed by atoms with Gasteiger partial charge in [-0.15, -0.1) is 0 Å². The first-order valence-corrected chi connectivity index (χ1v) is 5.35. The Morgan fingerprint density at radius 1 is 1.39 bits per heavy atom. The van der Waals surface area contributed by atoms with Crippen LogP contribution in [0.4, 0.5) is 15.8 Å². The highest BCUT2D eigenvalue weighted by Crippen LogP contribution is 2.19. The van der Waals surface area contributed by atoms with Gasteiger partial charge in [0, 0.05) is 6.20 Å². The third-order valence-electron chi connectivity index (χ3n) is 2.54. The molecular formula is C13H12FN3O. The second-order valence-electron chi connectivity index (χ2n) is 3.85. The summed E-state index contributed by atoms with van der Waals surface area (Å²) in [5.41, 5.74) is 6.75. The number of aryl methyl sites for hydroxylation is 1. The van der Waals surface area contributed by atoms with Crippen LogP contribution in [0.5, 0.6) is 0 Å². The van der Waals surface area contributed by atoms with Gasteiger partial charge in [-0.25, -0.2) is 4.39 Å². The second kappa shape index (κ2) is 4.83. The van der Waals surface area contributed by atoms with Gasteiger partial charge >= 0.3 is 0 Å². The van der Waals surface area contributed by atoms with E-state index < -0.39 is 11.7 Å². The minimum atomic E-state index is -0.459. The van der Waals surface area contributed by atoms with Gasteiger partial charge in [-0.1, -0.05) is 12.1 Å². The molecule has 0 saturated carbocycles. The summed E-state index contributed by atoms with van der Waals surface area (Å²) in [5, 5.41) is 2.49. The summed E-state index contributed by atoms with van der Waals surface area (Å²) in [6.45, 7) is 1.63. The zero-order valence-corrected chi connectivity index (χ0v) is 9.77. The van der Waals surface area contributed by atoms with Crippen molar-refractivity contribution in [3.8, 4) is 0 Å². The Morgan fingerprint density at radius 2 is 2.17 bits per heavy atom. The standard InChI is InChI=1S/C13H12FN3O/c1-8-3-2-4-11(12(8)14)17-13(18)9-5-6-16-7-10(9)15/h2-7H,15H2,1H3,(H,17,18). The number of halogens is 1. The lowest BCUT2D eigenvalue weighted by Gasteiger charge is -2.09. The van der Waals surface area contributed by atoms with Crippen molar-refractivity contribution in [3.63, 3.8) is 0 Å². The monoisotopic (exact) mass is 245 g/mol. The average molecular weight is 245 g/mol. The van der Waals surface area contributed by atoms with Crippen molar-refractivity contribution in [2.75, 3.05) is 11.1 Å². The van der Waals surface area contributed by atoms with E-state index in [1.165, 1.54) is 24.5 Å². The molecule has 0 spiro atoms. The van der Waals surface area contributed by atoms with Crippen molar-refractivity contribution in [1.82, 2.24) is 4.98 Å². The summed E-state index contributed by atoms with van der Waals surface area (Å²) in [6, 6.07) is 6.28. The molecule has 2 aromatic rings. The Labute approximate surface area is 104 Å². The molecule has 5 heteroatoms. The number of nitrogens with one attached hydrogen (secondary N) is 1. The van der Waals surface area contributed by atoms with Gasteiger partial charge in [0.15, 0.2) is 0 Å². The van der Waals surface area contributed by atoms with Crippen LogP contribution < -0.4 is 11.1 Å². The number of carbonyl (C=O) groups excluding carboxylic acids is 1. The Bertz CT molecular complexity index is 599. The van der Waals surface area contributed by atoms with Crippen LogP contribution >= 0.6 is 0 Å². The number of carbonyl (C=O) groups is 1. The van der Waals surface area contributed by atoms with Gasteiger partial charge in [0.2, 0.25) is 0 Å². The highest BCUT2D eigenvalue weighted by Gasteiger charge is 2.12. The molecule has 92 valence electrons. The van der Waals surface area contributed by atoms with Crippen molar-refractivity contribution >= 4 is 17.3 Å². The summed E-state index contributed by atoms with van der Waals surface area (Å²) >= 11 is 0. The summed E-state index contributed by atoms with van der Waals surface area (Å²) < 4.78 is 13.7. The summed E-state index contributed by atoms with van der Waals surface area (Å²) in [7, 11) is 0. The zero-order chi connectivity index (χ0) is 13.1. The van der Waals surface area contributed by atoms with E-state index in [2.05, 4.69) is 10.3 Å². The van der Waals surface area contributed by atoms with Crippen LogP contribution in [0.3, 0.4) is 0 Å². The van der Waals surface area contributed by atoms with Gasteiger partial charge in [-0.3, -0.25) is 9.78 Å². The Balaban J connectivity index is 2.27. The van der Waals surface area contributed by atoms with Gasteiger partial charge < -0.3 is 11.1 Å². The van der Waals surface area contributed by atoms with E-state index in [0.29, 0.717) is 5.56 Å². The molecule has 0 aliphatic carbocycles. The largest absolute Gasteiger partial charge is 0.397 e. The van der Waals surface area contributed by atoms with E-state index >= 15 is 0 Å². The first-order chi connectivity index (χ1) is 8.59. The Morgan fingerprint density at radius 3 is 2.89 bits per heavy atom. The highest BCUT2D eigenvalue weighted by atomic mass is 19.1.